The monoisotopic (exact) mass is 444 g/mol. The first-order valence-electron chi connectivity index (χ1n) is 9.74. The van der Waals surface area contributed by atoms with E-state index < -0.39 is 15.9 Å². The van der Waals surface area contributed by atoms with Crippen molar-refractivity contribution in [2.45, 2.75) is 24.8 Å². The summed E-state index contributed by atoms with van der Waals surface area (Å²) < 4.78 is 43.5. The number of ether oxygens (including phenoxy) is 2. The van der Waals surface area contributed by atoms with Crippen LogP contribution in [-0.4, -0.2) is 27.5 Å². The molecule has 3 rings (SSSR count). The Kier molecular flexibility index (Phi) is 7.69. The summed E-state index contributed by atoms with van der Waals surface area (Å²) in [6.45, 7) is 2.47. The predicted octanol–water partition coefficient (Wildman–Crippen LogP) is 3.56. The summed E-state index contributed by atoms with van der Waals surface area (Å²) in [5, 5.41) is 2.63. The van der Waals surface area contributed by atoms with Crippen LogP contribution in [0.2, 0.25) is 0 Å². The lowest BCUT2D eigenvalue weighted by Crippen LogP contribution is -2.24. The molecule has 1 aromatic heterocycles. The van der Waals surface area contributed by atoms with E-state index in [9.17, 15) is 13.2 Å². The molecule has 0 spiro atoms. The molecule has 3 aromatic rings. The van der Waals surface area contributed by atoms with Crippen LogP contribution >= 0.6 is 0 Å². The lowest BCUT2D eigenvalue weighted by molar-refractivity contribution is -0.118. The highest BCUT2D eigenvalue weighted by molar-refractivity contribution is 7.89. The fourth-order valence-corrected chi connectivity index (χ4v) is 3.64. The van der Waals surface area contributed by atoms with Crippen molar-refractivity contribution in [3.05, 3.63) is 72.7 Å². The van der Waals surface area contributed by atoms with E-state index >= 15 is 0 Å². The van der Waals surface area contributed by atoms with Crippen LogP contribution < -0.4 is 19.5 Å². The first-order valence-corrected chi connectivity index (χ1v) is 11.2. The number of furan rings is 1. The molecule has 2 aromatic carbocycles. The first-order chi connectivity index (χ1) is 15.0. The molecule has 0 atom stereocenters. The number of amides is 1. The topological polar surface area (TPSA) is 107 Å². The van der Waals surface area contributed by atoms with Gasteiger partial charge in [-0.25, -0.2) is 13.1 Å². The Balaban J connectivity index is 1.53. The second-order valence-corrected chi connectivity index (χ2v) is 8.36. The molecule has 0 unspecified atom stereocenters. The highest BCUT2D eigenvalue weighted by Crippen LogP contribution is 2.19. The highest BCUT2D eigenvalue weighted by Gasteiger charge is 2.15. The molecule has 0 aliphatic carbocycles. The van der Waals surface area contributed by atoms with Crippen LogP contribution in [0.1, 0.15) is 19.1 Å². The second kappa shape index (κ2) is 10.6. The van der Waals surface area contributed by atoms with Crippen molar-refractivity contribution in [2.24, 2.45) is 0 Å². The third kappa shape index (κ3) is 6.87. The molecule has 0 saturated heterocycles. The number of sulfonamides is 1. The van der Waals surface area contributed by atoms with Crippen molar-refractivity contribution >= 4 is 21.6 Å². The van der Waals surface area contributed by atoms with Crippen LogP contribution in [0.15, 0.2) is 76.2 Å². The summed E-state index contributed by atoms with van der Waals surface area (Å²) in [4.78, 5) is 12.2. The van der Waals surface area contributed by atoms with E-state index in [1.54, 1.807) is 48.5 Å². The number of carbonyl (C=O) groups excluding carboxylic acids is 1. The van der Waals surface area contributed by atoms with Gasteiger partial charge >= 0.3 is 0 Å². The van der Waals surface area contributed by atoms with Crippen LogP contribution in [-0.2, 0) is 21.4 Å². The van der Waals surface area contributed by atoms with Crippen molar-refractivity contribution in [3.63, 3.8) is 0 Å². The van der Waals surface area contributed by atoms with Crippen molar-refractivity contribution in [1.29, 1.82) is 0 Å². The molecule has 8 nitrogen and oxygen atoms in total. The Morgan fingerprint density at radius 2 is 1.74 bits per heavy atom. The van der Waals surface area contributed by atoms with E-state index in [1.807, 2.05) is 6.92 Å². The summed E-state index contributed by atoms with van der Waals surface area (Å²) in [7, 11) is -3.77. The van der Waals surface area contributed by atoms with Gasteiger partial charge in [0.1, 0.15) is 17.3 Å². The SMILES string of the molecule is CCCOc1ccc(OCC(=O)Nc2cccc(S(=O)(=O)NCc3ccco3)c2)cc1. The average molecular weight is 445 g/mol. The van der Waals surface area contributed by atoms with Gasteiger partial charge in [-0.1, -0.05) is 13.0 Å². The number of hydrogen-bond acceptors (Lipinski definition) is 6. The van der Waals surface area contributed by atoms with Crippen molar-refractivity contribution in [3.8, 4) is 11.5 Å². The van der Waals surface area contributed by atoms with Crippen LogP contribution in [0.25, 0.3) is 0 Å². The minimum Gasteiger partial charge on any atom is -0.494 e. The zero-order chi connectivity index (χ0) is 22.1. The minimum atomic E-state index is -3.77. The smallest absolute Gasteiger partial charge is 0.262 e. The Labute approximate surface area is 181 Å². The van der Waals surface area contributed by atoms with E-state index in [2.05, 4.69) is 10.0 Å². The average Bonchev–Trinajstić information content (AvgIpc) is 3.30. The molecule has 1 amide bonds. The van der Waals surface area contributed by atoms with Crippen LogP contribution in [0.3, 0.4) is 0 Å². The fourth-order valence-electron chi connectivity index (χ4n) is 2.60. The van der Waals surface area contributed by atoms with Crippen LogP contribution in [0.5, 0.6) is 11.5 Å². The van der Waals surface area contributed by atoms with E-state index in [0.717, 1.165) is 12.2 Å². The first kappa shape index (κ1) is 22.4. The molecule has 1 heterocycles. The van der Waals surface area contributed by atoms with Crippen molar-refractivity contribution in [2.75, 3.05) is 18.5 Å². The summed E-state index contributed by atoms with van der Waals surface area (Å²) >= 11 is 0. The number of anilines is 1. The highest BCUT2D eigenvalue weighted by atomic mass is 32.2. The summed E-state index contributed by atoms with van der Waals surface area (Å²) in [5.74, 6) is 1.34. The van der Waals surface area contributed by atoms with Crippen molar-refractivity contribution < 1.29 is 27.1 Å². The molecule has 0 saturated carbocycles. The van der Waals surface area contributed by atoms with Gasteiger partial charge in [-0.3, -0.25) is 4.79 Å². The van der Waals surface area contributed by atoms with Gasteiger partial charge in [0.25, 0.3) is 5.91 Å². The Bertz CT molecular complexity index is 1080. The molecule has 2 N–H and O–H groups in total. The Morgan fingerprint density at radius 1 is 1.00 bits per heavy atom. The summed E-state index contributed by atoms with van der Waals surface area (Å²) in [6, 6.07) is 16.3. The van der Waals surface area contributed by atoms with E-state index in [0.29, 0.717) is 23.8 Å². The van der Waals surface area contributed by atoms with Crippen LogP contribution in [0, 0.1) is 0 Å². The fraction of sp³-hybridized carbons (Fsp3) is 0.227. The second-order valence-electron chi connectivity index (χ2n) is 6.59. The third-order valence-electron chi connectivity index (χ3n) is 4.11. The van der Waals surface area contributed by atoms with Crippen molar-refractivity contribution in [1.82, 2.24) is 4.72 Å². The molecule has 0 bridgehead atoms. The number of carbonyl (C=O) groups is 1. The largest absolute Gasteiger partial charge is 0.494 e. The quantitative estimate of drug-likeness (QED) is 0.468. The van der Waals surface area contributed by atoms with E-state index in [-0.39, 0.29) is 18.0 Å². The molecule has 0 aliphatic heterocycles. The summed E-state index contributed by atoms with van der Waals surface area (Å²) in [5.41, 5.74) is 0.345. The molecule has 0 aliphatic rings. The van der Waals surface area contributed by atoms with E-state index in [4.69, 9.17) is 13.9 Å². The molecule has 9 heteroatoms. The van der Waals surface area contributed by atoms with Gasteiger partial charge in [-0.15, -0.1) is 0 Å². The van der Waals surface area contributed by atoms with Gasteiger partial charge in [-0.05, 0) is 61.0 Å². The van der Waals surface area contributed by atoms with Gasteiger partial charge in [0.05, 0.1) is 24.3 Å². The van der Waals surface area contributed by atoms with Crippen LogP contribution in [0.4, 0.5) is 5.69 Å². The molecular formula is C22H24N2O6S. The third-order valence-corrected chi connectivity index (χ3v) is 5.51. The lowest BCUT2D eigenvalue weighted by Gasteiger charge is -2.10. The number of rotatable bonds is 11. The molecule has 31 heavy (non-hydrogen) atoms. The Morgan fingerprint density at radius 3 is 2.42 bits per heavy atom. The maximum absolute atomic E-state index is 12.5. The number of nitrogens with one attached hydrogen (secondary N) is 2. The normalized spacial score (nSPS) is 11.1. The van der Waals surface area contributed by atoms with Gasteiger partial charge in [0.2, 0.25) is 10.0 Å². The minimum absolute atomic E-state index is 0.0282. The van der Waals surface area contributed by atoms with E-state index in [1.165, 1.54) is 18.4 Å². The number of benzene rings is 2. The van der Waals surface area contributed by atoms with Gasteiger partial charge in [0, 0.05) is 5.69 Å². The predicted molar refractivity (Wildman–Crippen MR) is 116 cm³/mol. The summed E-state index contributed by atoms with van der Waals surface area (Å²) in [6.07, 6.45) is 2.39. The molecule has 0 radical (unpaired) electrons. The zero-order valence-corrected chi connectivity index (χ0v) is 17.9. The molecule has 0 fully saturated rings. The van der Waals surface area contributed by atoms with Gasteiger partial charge in [0.15, 0.2) is 6.61 Å². The standard InChI is InChI=1S/C22H24N2O6S/c1-2-12-28-18-8-10-19(11-9-18)30-16-22(25)24-17-5-3-7-21(14-17)31(26,27)23-15-20-6-4-13-29-20/h3-11,13-14,23H,2,12,15-16H2,1H3,(H,24,25). The molecule has 164 valence electrons. The maximum Gasteiger partial charge on any atom is 0.262 e. The zero-order valence-electron chi connectivity index (χ0n) is 17.0. The molecular weight excluding hydrogens is 420 g/mol. The van der Waals surface area contributed by atoms with Gasteiger partial charge < -0.3 is 19.2 Å². The Hall–Kier alpha value is -3.30. The maximum atomic E-state index is 12.5. The number of hydrogen-bond donors (Lipinski definition) is 2. The lowest BCUT2D eigenvalue weighted by atomic mass is 10.3. The van der Waals surface area contributed by atoms with Gasteiger partial charge in [-0.2, -0.15) is 0 Å².